The summed E-state index contributed by atoms with van der Waals surface area (Å²) in [4.78, 5) is 2.86. The van der Waals surface area contributed by atoms with Crippen molar-refractivity contribution in [1.82, 2.24) is 4.98 Å². The lowest BCUT2D eigenvalue weighted by Gasteiger charge is -2.02. The standard InChI is InChI=1S/C21H38N.C4H5N.ClH/c1-2-3-4-5-6-7-8-9-10-11-12-13-14-16-19-22-20-17-15-18-21-22;1-2-4-5-3-1;/h15,17-18,20-21H,2-14,16,19H2,1H3;1-5H;1H/q+1;;/p-1. The molecular formula is C25H43ClN2. The lowest BCUT2D eigenvalue weighted by Crippen LogP contribution is -3.00. The fourth-order valence-electron chi connectivity index (χ4n) is 3.35. The van der Waals surface area contributed by atoms with Crippen LogP contribution in [0.3, 0.4) is 0 Å². The second-order valence-electron chi connectivity index (χ2n) is 7.59. The molecule has 0 spiro atoms. The van der Waals surface area contributed by atoms with Crippen molar-refractivity contribution in [2.75, 3.05) is 0 Å². The van der Waals surface area contributed by atoms with Gasteiger partial charge in [0.25, 0.3) is 0 Å². The Hall–Kier alpha value is -1.28. The zero-order chi connectivity index (χ0) is 19.3. The SMILES string of the molecule is CCCCCCCCCCCCCCCC[n+]1ccccc1.[Cl-].c1cc[nH]c1. The Morgan fingerprint density at radius 3 is 1.36 bits per heavy atom. The van der Waals surface area contributed by atoms with Gasteiger partial charge in [0.1, 0.15) is 6.54 Å². The van der Waals surface area contributed by atoms with Crippen molar-refractivity contribution in [3.63, 3.8) is 0 Å². The van der Waals surface area contributed by atoms with E-state index in [9.17, 15) is 0 Å². The van der Waals surface area contributed by atoms with Gasteiger partial charge in [0.15, 0.2) is 12.4 Å². The number of nitrogens with zero attached hydrogens (tertiary/aromatic N) is 1. The highest BCUT2D eigenvalue weighted by Gasteiger charge is 1.98. The summed E-state index contributed by atoms with van der Waals surface area (Å²) in [5.41, 5.74) is 0. The van der Waals surface area contributed by atoms with Crippen LogP contribution in [-0.4, -0.2) is 4.98 Å². The van der Waals surface area contributed by atoms with Gasteiger partial charge in [-0.05, 0) is 18.6 Å². The minimum absolute atomic E-state index is 0. The van der Waals surface area contributed by atoms with E-state index in [0.717, 1.165) is 0 Å². The largest absolute Gasteiger partial charge is 1.00 e. The van der Waals surface area contributed by atoms with Gasteiger partial charge >= 0.3 is 0 Å². The van der Waals surface area contributed by atoms with Crippen LogP contribution in [0, 0.1) is 0 Å². The number of rotatable bonds is 15. The van der Waals surface area contributed by atoms with Gasteiger partial charge in [-0.1, -0.05) is 90.0 Å². The van der Waals surface area contributed by atoms with Gasteiger partial charge in [-0.25, -0.2) is 4.57 Å². The summed E-state index contributed by atoms with van der Waals surface area (Å²) in [5, 5.41) is 0. The Kier molecular flexibility index (Phi) is 21.0. The van der Waals surface area contributed by atoms with Gasteiger partial charge in [-0.3, -0.25) is 0 Å². The van der Waals surface area contributed by atoms with Crippen LogP contribution in [0.2, 0.25) is 0 Å². The number of unbranched alkanes of at least 4 members (excludes halogenated alkanes) is 13. The maximum atomic E-state index is 2.86. The number of aryl methyl sites for hydroxylation is 1. The van der Waals surface area contributed by atoms with Crippen molar-refractivity contribution in [2.24, 2.45) is 0 Å². The van der Waals surface area contributed by atoms with Crippen LogP contribution in [0.1, 0.15) is 96.8 Å². The Labute approximate surface area is 180 Å². The lowest BCUT2D eigenvalue weighted by molar-refractivity contribution is -0.697. The lowest BCUT2D eigenvalue weighted by atomic mass is 10.0. The average Bonchev–Trinajstić information content (AvgIpc) is 3.29. The smallest absolute Gasteiger partial charge is 0.168 e. The molecule has 0 aliphatic rings. The van der Waals surface area contributed by atoms with E-state index in [4.69, 9.17) is 0 Å². The molecular weight excluding hydrogens is 364 g/mol. The molecule has 0 aromatic carbocycles. The predicted octanol–water partition coefficient (Wildman–Crippen LogP) is 4.47. The number of pyridine rings is 1. The predicted molar refractivity (Wildman–Crippen MR) is 118 cm³/mol. The highest BCUT2D eigenvalue weighted by atomic mass is 35.5. The minimum Gasteiger partial charge on any atom is -1.00 e. The molecule has 0 radical (unpaired) electrons. The summed E-state index contributed by atoms with van der Waals surface area (Å²) < 4.78 is 2.29. The van der Waals surface area contributed by atoms with Crippen molar-refractivity contribution < 1.29 is 17.0 Å². The van der Waals surface area contributed by atoms with Gasteiger partial charge in [-0.2, -0.15) is 0 Å². The molecule has 0 unspecified atom stereocenters. The number of hydrogen-bond donors (Lipinski definition) is 1. The summed E-state index contributed by atoms with van der Waals surface area (Å²) in [7, 11) is 0. The summed E-state index contributed by atoms with van der Waals surface area (Å²) in [6.45, 7) is 3.47. The molecule has 2 aromatic rings. The summed E-state index contributed by atoms with van der Waals surface area (Å²) in [5.74, 6) is 0. The van der Waals surface area contributed by atoms with Crippen LogP contribution in [-0.2, 0) is 6.54 Å². The first-order chi connectivity index (χ1) is 13.4. The first-order valence-electron chi connectivity index (χ1n) is 11.5. The molecule has 0 aliphatic heterocycles. The van der Waals surface area contributed by atoms with E-state index in [1.54, 1.807) is 0 Å². The zero-order valence-electron chi connectivity index (χ0n) is 18.1. The normalized spacial score (nSPS) is 10.0. The second kappa shape index (κ2) is 22.0. The molecule has 1 N–H and O–H groups in total. The third-order valence-corrected chi connectivity index (χ3v) is 5.04. The van der Waals surface area contributed by atoms with Crippen molar-refractivity contribution in [3.05, 3.63) is 55.1 Å². The first-order valence-corrected chi connectivity index (χ1v) is 11.5. The van der Waals surface area contributed by atoms with E-state index in [-0.39, 0.29) is 12.4 Å². The van der Waals surface area contributed by atoms with E-state index < -0.39 is 0 Å². The van der Waals surface area contributed by atoms with Gasteiger partial charge in [-0.15, -0.1) is 0 Å². The summed E-state index contributed by atoms with van der Waals surface area (Å²) in [6, 6.07) is 10.2. The van der Waals surface area contributed by atoms with Crippen LogP contribution < -0.4 is 17.0 Å². The van der Waals surface area contributed by atoms with Crippen molar-refractivity contribution >= 4 is 0 Å². The monoisotopic (exact) mass is 406 g/mol. The number of aromatic amines is 1. The van der Waals surface area contributed by atoms with Crippen LogP contribution in [0.4, 0.5) is 0 Å². The second-order valence-corrected chi connectivity index (χ2v) is 7.59. The van der Waals surface area contributed by atoms with Crippen molar-refractivity contribution in [2.45, 2.75) is 103 Å². The molecule has 2 nitrogen and oxygen atoms in total. The van der Waals surface area contributed by atoms with Gasteiger partial charge in [0.05, 0.1) is 0 Å². The molecule has 0 atom stereocenters. The summed E-state index contributed by atoms with van der Waals surface area (Å²) in [6.07, 6.45) is 28.2. The molecule has 0 bridgehead atoms. The van der Waals surface area contributed by atoms with E-state index >= 15 is 0 Å². The highest BCUT2D eigenvalue weighted by molar-refractivity contribution is 4.85. The zero-order valence-corrected chi connectivity index (χ0v) is 18.9. The van der Waals surface area contributed by atoms with E-state index in [1.165, 1.54) is 96.4 Å². The molecule has 0 fully saturated rings. The quantitative estimate of drug-likeness (QED) is 0.332. The van der Waals surface area contributed by atoms with Gasteiger partial charge < -0.3 is 17.4 Å². The van der Waals surface area contributed by atoms with E-state index in [1.807, 2.05) is 24.5 Å². The molecule has 2 aromatic heterocycles. The third kappa shape index (κ3) is 18.1. The summed E-state index contributed by atoms with van der Waals surface area (Å²) >= 11 is 0. The number of halogens is 1. The Morgan fingerprint density at radius 2 is 0.964 bits per heavy atom. The number of aromatic nitrogens is 2. The van der Waals surface area contributed by atoms with Crippen molar-refractivity contribution in [1.29, 1.82) is 0 Å². The van der Waals surface area contributed by atoms with Crippen LogP contribution in [0.5, 0.6) is 0 Å². The van der Waals surface area contributed by atoms with Crippen LogP contribution in [0.25, 0.3) is 0 Å². The molecule has 0 amide bonds. The first kappa shape index (κ1) is 26.7. The molecule has 2 heterocycles. The average molecular weight is 407 g/mol. The van der Waals surface area contributed by atoms with Gasteiger partial charge in [0, 0.05) is 30.9 Å². The fourth-order valence-corrected chi connectivity index (χ4v) is 3.35. The maximum Gasteiger partial charge on any atom is 0.168 e. The molecule has 0 saturated carbocycles. The number of H-pyrrole nitrogens is 1. The molecule has 2 rings (SSSR count). The topological polar surface area (TPSA) is 19.7 Å². The van der Waals surface area contributed by atoms with Gasteiger partial charge in [0.2, 0.25) is 0 Å². The van der Waals surface area contributed by atoms with E-state index in [0.29, 0.717) is 0 Å². The molecule has 28 heavy (non-hydrogen) atoms. The number of nitrogens with one attached hydrogen (secondary N) is 1. The van der Waals surface area contributed by atoms with Crippen molar-refractivity contribution in [3.8, 4) is 0 Å². The third-order valence-electron chi connectivity index (χ3n) is 5.04. The molecule has 3 heteroatoms. The Balaban J connectivity index is 0.00000105. The van der Waals surface area contributed by atoms with Crippen LogP contribution >= 0.6 is 0 Å². The molecule has 160 valence electrons. The van der Waals surface area contributed by atoms with E-state index in [2.05, 4.69) is 47.1 Å². The molecule has 0 saturated heterocycles. The molecule has 0 aliphatic carbocycles. The Bertz CT molecular complexity index is 467. The highest BCUT2D eigenvalue weighted by Crippen LogP contribution is 2.12. The minimum atomic E-state index is 0. The fraction of sp³-hybridized carbons (Fsp3) is 0.640. The maximum absolute atomic E-state index is 2.86. The number of hydrogen-bond acceptors (Lipinski definition) is 0. The van der Waals surface area contributed by atoms with Crippen LogP contribution in [0.15, 0.2) is 55.1 Å². The Morgan fingerprint density at radius 1 is 0.536 bits per heavy atom.